The molecule has 110 valence electrons. The minimum absolute atomic E-state index is 0.0640. The maximum Gasteiger partial charge on any atom is 0.261 e. The van der Waals surface area contributed by atoms with Crippen LogP contribution >= 0.6 is 0 Å². The number of furan rings is 1. The second-order valence-electron chi connectivity index (χ2n) is 5.50. The second-order valence-corrected chi connectivity index (χ2v) is 5.50. The normalized spacial score (nSPS) is 18.2. The Morgan fingerprint density at radius 3 is 2.81 bits per heavy atom. The number of aliphatic hydroxyl groups excluding tert-OH is 1. The van der Waals surface area contributed by atoms with Crippen molar-refractivity contribution in [3.8, 4) is 0 Å². The molecule has 0 radical (unpaired) electrons. The van der Waals surface area contributed by atoms with Crippen molar-refractivity contribution in [2.45, 2.75) is 32.8 Å². The summed E-state index contributed by atoms with van der Waals surface area (Å²) >= 11 is 0. The molecule has 0 fully saturated rings. The summed E-state index contributed by atoms with van der Waals surface area (Å²) in [5.41, 5.74) is 2.21. The monoisotopic (exact) mass is 285 g/mol. The van der Waals surface area contributed by atoms with Gasteiger partial charge >= 0.3 is 0 Å². The Morgan fingerprint density at radius 1 is 1.33 bits per heavy atom. The van der Waals surface area contributed by atoms with Gasteiger partial charge in [-0.2, -0.15) is 0 Å². The van der Waals surface area contributed by atoms with E-state index in [2.05, 4.69) is 0 Å². The first-order valence-electron chi connectivity index (χ1n) is 7.24. The number of fused-ring (bicyclic) bond motifs is 1. The van der Waals surface area contributed by atoms with E-state index in [4.69, 9.17) is 4.42 Å². The van der Waals surface area contributed by atoms with Crippen LogP contribution in [0.4, 0.5) is 5.69 Å². The average Bonchev–Trinajstić information content (AvgIpc) is 2.71. The summed E-state index contributed by atoms with van der Waals surface area (Å²) in [5.74, 6) is 1.31. The average molecular weight is 285 g/mol. The predicted octanol–water partition coefficient (Wildman–Crippen LogP) is 3.37. The molecule has 1 aromatic heterocycles. The number of carbonyl (C=O) groups excluding carboxylic acids is 1. The molecule has 2 heterocycles. The Hall–Kier alpha value is -2.07. The summed E-state index contributed by atoms with van der Waals surface area (Å²) in [6.45, 7) is 4.25. The first-order valence-corrected chi connectivity index (χ1v) is 7.24. The van der Waals surface area contributed by atoms with Crippen LogP contribution in [0.2, 0.25) is 0 Å². The van der Waals surface area contributed by atoms with Gasteiger partial charge < -0.3 is 14.4 Å². The lowest BCUT2D eigenvalue weighted by molar-refractivity contribution is 0.0985. The fourth-order valence-corrected chi connectivity index (χ4v) is 2.93. The summed E-state index contributed by atoms with van der Waals surface area (Å²) in [5, 5.41) is 10.2. The SMILES string of the molecule is Cc1cc(C(=O)N2CCCC(O)c3ccccc32)c(C)o1. The molecule has 3 rings (SSSR count). The van der Waals surface area contributed by atoms with Crippen molar-refractivity contribution in [3.05, 3.63) is 53.0 Å². The molecule has 4 heteroatoms. The lowest BCUT2D eigenvalue weighted by Crippen LogP contribution is -2.31. The lowest BCUT2D eigenvalue weighted by atomic mass is 10.0. The molecule has 1 amide bonds. The fraction of sp³-hybridized carbons (Fsp3) is 0.353. The van der Waals surface area contributed by atoms with Crippen LogP contribution in [0.3, 0.4) is 0 Å². The molecular formula is C17H19NO3. The summed E-state index contributed by atoms with van der Waals surface area (Å²) in [7, 11) is 0. The molecule has 1 aliphatic heterocycles. The van der Waals surface area contributed by atoms with Gasteiger partial charge in [0.2, 0.25) is 0 Å². The third-order valence-corrected chi connectivity index (χ3v) is 3.96. The molecule has 1 atom stereocenters. The van der Waals surface area contributed by atoms with Crippen molar-refractivity contribution in [2.75, 3.05) is 11.4 Å². The van der Waals surface area contributed by atoms with Gasteiger partial charge in [-0.25, -0.2) is 0 Å². The number of benzene rings is 1. The van der Waals surface area contributed by atoms with Crippen LogP contribution in [-0.2, 0) is 0 Å². The number of aryl methyl sites for hydroxylation is 2. The molecule has 0 saturated carbocycles. The Bertz CT molecular complexity index is 674. The van der Waals surface area contributed by atoms with Crippen molar-refractivity contribution in [1.82, 2.24) is 0 Å². The molecule has 21 heavy (non-hydrogen) atoms. The number of hydrogen-bond acceptors (Lipinski definition) is 3. The van der Waals surface area contributed by atoms with Crippen LogP contribution in [0.25, 0.3) is 0 Å². The van der Waals surface area contributed by atoms with Crippen LogP contribution in [-0.4, -0.2) is 17.6 Å². The number of rotatable bonds is 1. The van der Waals surface area contributed by atoms with Crippen molar-refractivity contribution in [2.24, 2.45) is 0 Å². The number of nitrogens with zero attached hydrogens (tertiary/aromatic N) is 1. The maximum atomic E-state index is 12.8. The summed E-state index contributed by atoms with van der Waals surface area (Å²) in [4.78, 5) is 14.6. The van der Waals surface area contributed by atoms with Crippen LogP contribution in [0.1, 0.15) is 46.4 Å². The van der Waals surface area contributed by atoms with Crippen LogP contribution in [0, 0.1) is 13.8 Å². The third-order valence-electron chi connectivity index (χ3n) is 3.96. The van der Waals surface area contributed by atoms with Gasteiger partial charge in [-0.05, 0) is 38.8 Å². The van der Waals surface area contributed by atoms with Gasteiger partial charge in [0.05, 0.1) is 11.7 Å². The van der Waals surface area contributed by atoms with E-state index >= 15 is 0 Å². The highest BCUT2D eigenvalue weighted by molar-refractivity contribution is 6.07. The van der Waals surface area contributed by atoms with Gasteiger partial charge in [0.25, 0.3) is 5.91 Å². The molecule has 2 aromatic rings. The minimum Gasteiger partial charge on any atom is -0.466 e. The lowest BCUT2D eigenvalue weighted by Gasteiger charge is -2.23. The van der Waals surface area contributed by atoms with E-state index < -0.39 is 6.10 Å². The largest absolute Gasteiger partial charge is 0.466 e. The van der Waals surface area contributed by atoms with E-state index in [0.717, 1.165) is 23.4 Å². The second kappa shape index (κ2) is 5.37. The number of carbonyl (C=O) groups is 1. The van der Waals surface area contributed by atoms with Gasteiger partial charge in [0.15, 0.2) is 0 Å². The molecule has 4 nitrogen and oxygen atoms in total. The van der Waals surface area contributed by atoms with Crippen molar-refractivity contribution in [3.63, 3.8) is 0 Å². The van der Waals surface area contributed by atoms with E-state index in [9.17, 15) is 9.90 Å². The minimum atomic E-state index is -0.508. The molecule has 0 aliphatic carbocycles. The van der Waals surface area contributed by atoms with E-state index in [-0.39, 0.29) is 5.91 Å². The van der Waals surface area contributed by atoms with Crippen molar-refractivity contribution < 1.29 is 14.3 Å². The number of anilines is 1. The standard InChI is InChI=1S/C17H19NO3/c1-11-10-14(12(2)21-11)17(20)18-9-5-8-16(19)13-6-3-4-7-15(13)18/h3-4,6-7,10,16,19H,5,8-9H2,1-2H3. The molecule has 0 saturated heterocycles. The molecule has 1 unspecified atom stereocenters. The predicted molar refractivity (Wildman–Crippen MR) is 80.5 cm³/mol. The van der Waals surface area contributed by atoms with Gasteiger partial charge in [-0.15, -0.1) is 0 Å². The Morgan fingerprint density at radius 2 is 2.10 bits per heavy atom. The van der Waals surface area contributed by atoms with Crippen LogP contribution in [0.15, 0.2) is 34.7 Å². The third kappa shape index (κ3) is 2.47. The quantitative estimate of drug-likeness (QED) is 0.874. The topological polar surface area (TPSA) is 53.7 Å². The highest BCUT2D eigenvalue weighted by atomic mass is 16.3. The number of aliphatic hydroxyl groups is 1. The van der Waals surface area contributed by atoms with Crippen LogP contribution in [0.5, 0.6) is 0 Å². The summed E-state index contributed by atoms with van der Waals surface area (Å²) in [6, 6.07) is 9.35. The van der Waals surface area contributed by atoms with E-state index in [1.807, 2.05) is 31.2 Å². The molecule has 0 bridgehead atoms. The van der Waals surface area contributed by atoms with Crippen LogP contribution < -0.4 is 4.90 Å². The Balaban J connectivity index is 2.04. The zero-order valence-electron chi connectivity index (χ0n) is 12.3. The summed E-state index contributed by atoms with van der Waals surface area (Å²) in [6.07, 6.45) is 0.938. The Kier molecular flexibility index (Phi) is 3.55. The summed E-state index contributed by atoms with van der Waals surface area (Å²) < 4.78 is 5.47. The first kappa shape index (κ1) is 13.9. The highest BCUT2D eigenvalue weighted by Gasteiger charge is 2.27. The van der Waals surface area contributed by atoms with E-state index in [1.54, 1.807) is 17.9 Å². The first-order chi connectivity index (χ1) is 10.1. The van der Waals surface area contributed by atoms with E-state index in [0.29, 0.717) is 24.3 Å². The number of amides is 1. The highest BCUT2D eigenvalue weighted by Crippen LogP contribution is 2.33. The van der Waals surface area contributed by atoms with Gasteiger partial charge in [-0.3, -0.25) is 4.79 Å². The van der Waals surface area contributed by atoms with Crippen molar-refractivity contribution in [1.29, 1.82) is 0 Å². The van der Waals surface area contributed by atoms with Gasteiger partial charge in [-0.1, -0.05) is 18.2 Å². The van der Waals surface area contributed by atoms with Crippen molar-refractivity contribution >= 4 is 11.6 Å². The Labute approximate surface area is 124 Å². The molecule has 1 aromatic carbocycles. The number of para-hydroxylation sites is 1. The fourth-order valence-electron chi connectivity index (χ4n) is 2.93. The maximum absolute atomic E-state index is 12.8. The molecule has 0 spiro atoms. The molecular weight excluding hydrogens is 266 g/mol. The zero-order valence-corrected chi connectivity index (χ0v) is 12.3. The van der Waals surface area contributed by atoms with Gasteiger partial charge in [0, 0.05) is 17.8 Å². The zero-order chi connectivity index (χ0) is 15.0. The van der Waals surface area contributed by atoms with E-state index in [1.165, 1.54) is 0 Å². The molecule has 1 N–H and O–H groups in total. The smallest absolute Gasteiger partial charge is 0.261 e. The van der Waals surface area contributed by atoms with Gasteiger partial charge in [0.1, 0.15) is 11.5 Å². The molecule has 1 aliphatic rings. The number of hydrogen-bond donors (Lipinski definition) is 1.